The van der Waals surface area contributed by atoms with Crippen LogP contribution in [-0.4, -0.2) is 34.1 Å². The number of fused-ring (bicyclic) bond motifs is 1. The van der Waals surface area contributed by atoms with Gasteiger partial charge in [0, 0.05) is 18.7 Å². The zero-order valence-corrected chi connectivity index (χ0v) is 15.8. The Morgan fingerprint density at radius 1 is 1.19 bits per heavy atom. The van der Waals surface area contributed by atoms with Gasteiger partial charge in [0.05, 0.1) is 24.0 Å². The number of rotatable bonds is 7. The molecular formula is C18H20N2O6S. The van der Waals surface area contributed by atoms with Gasteiger partial charge in [0.1, 0.15) is 0 Å². The molecule has 9 heteroatoms. The van der Waals surface area contributed by atoms with Crippen LogP contribution in [0.2, 0.25) is 0 Å². The van der Waals surface area contributed by atoms with Crippen LogP contribution in [0.25, 0.3) is 0 Å². The van der Waals surface area contributed by atoms with E-state index in [0.717, 1.165) is 30.0 Å². The summed E-state index contributed by atoms with van der Waals surface area (Å²) in [5.41, 5.74) is 1.86. The molecule has 0 heterocycles. The molecule has 3 rings (SSSR count). The van der Waals surface area contributed by atoms with Crippen LogP contribution in [0.1, 0.15) is 23.5 Å². The van der Waals surface area contributed by atoms with E-state index in [4.69, 9.17) is 9.47 Å². The number of sulfonamides is 1. The average Bonchev–Trinajstić information content (AvgIpc) is 3.07. The highest BCUT2D eigenvalue weighted by atomic mass is 32.2. The van der Waals surface area contributed by atoms with Gasteiger partial charge in [0.25, 0.3) is 5.69 Å². The first-order chi connectivity index (χ1) is 12.9. The summed E-state index contributed by atoms with van der Waals surface area (Å²) in [6.45, 7) is 0.202. The monoisotopic (exact) mass is 392 g/mol. The molecule has 0 bridgehead atoms. The van der Waals surface area contributed by atoms with E-state index >= 15 is 0 Å². The first-order valence-electron chi connectivity index (χ1n) is 8.34. The molecule has 0 amide bonds. The van der Waals surface area contributed by atoms with Crippen molar-refractivity contribution in [3.05, 3.63) is 57.6 Å². The number of non-ortho nitro benzene ring substituents is 1. The van der Waals surface area contributed by atoms with Crippen LogP contribution >= 0.6 is 0 Å². The van der Waals surface area contributed by atoms with Crippen molar-refractivity contribution in [3.8, 4) is 11.5 Å². The highest BCUT2D eigenvalue weighted by Crippen LogP contribution is 2.40. The molecule has 0 saturated heterocycles. The van der Waals surface area contributed by atoms with Gasteiger partial charge < -0.3 is 9.47 Å². The van der Waals surface area contributed by atoms with E-state index in [1.807, 2.05) is 12.1 Å². The van der Waals surface area contributed by atoms with Crippen LogP contribution in [0.3, 0.4) is 0 Å². The molecule has 1 atom stereocenters. The van der Waals surface area contributed by atoms with Crippen LogP contribution in [-0.2, 0) is 16.4 Å². The third kappa shape index (κ3) is 3.88. The minimum atomic E-state index is -3.85. The Balaban J connectivity index is 1.79. The highest BCUT2D eigenvalue weighted by molar-refractivity contribution is 7.89. The minimum absolute atomic E-state index is 0.00622. The first kappa shape index (κ1) is 19.1. The second-order valence-corrected chi connectivity index (χ2v) is 8.01. The summed E-state index contributed by atoms with van der Waals surface area (Å²) in [5.74, 6) is 1.24. The lowest BCUT2D eigenvalue weighted by atomic mass is 10.0. The summed E-state index contributed by atoms with van der Waals surface area (Å²) in [5, 5.41) is 10.9. The molecule has 27 heavy (non-hydrogen) atoms. The van der Waals surface area contributed by atoms with Gasteiger partial charge in [-0.2, -0.15) is 0 Å². The van der Waals surface area contributed by atoms with Crippen LogP contribution in [0.15, 0.2) is 41.3 Å². The molecule has 1 aliphatic carbocycles. The molecule has 2 aromatic carbocycles. The number of aryl methyl sites for hydroxylation is 1. The maximum absolute atomic E-state index is 12.5. The van der Waals surface area contributed by atoms with Crippen molar-refractivity contribution in [2.75, 3.05) is 20.8 Å². The second kappa shape index (κ2) is 7.53. The van der Waals surface area contributed by atoms with Crippen LogP contribution in [0.5, 0.6) is 11.5 Å². The lowest BCUT2D eigenvalue weighted by molar-refractivity contribution is -0.385. The van der Waals surface area contributed by atoms with Gasteiger partial charge in [0.2, 0.25) is 10.0 Å². The molecule has 0 saturated carbocycles. The molecule has 0 aromatic heterocycles. The van der Waals surface area contributed by atoms with Gasteiger partial charge in [-0.1, -0.05) is 6.07 Å². The van der Waals surface area contributed by atoms with Crippen LogP contribution < -0.4 is 14.2 Å². The number of ether oxygens (including phenoxy) is 2. The van der Waals surface area contributed by atoms with E-state index in [1.54, 1.807) is 14.2 Å². The lowest BCUT2D eigenvalue weighted by Gasteiger charge is -2.15. The molecule has 8 nitrogen and oxygen atoms in total. The maximum atomic E-state index is 12.5. The lowest BCUT2D eigenvalue weighted by Crippen LogP contribution is -2.28. The Morgan fingerprint density at radius 3 is 2.56 bits per heavy atom. The SMILES string of the molecule is COc1cc2c(cc1OC)C(CNS(=O)(=O)c1cccc([N+](=O)[O-])c1)CC2. The van der Waals surface area contributed by atoms with Gasteiger partial charge in [-0.3, -0.25) is 10.1 Å². The number of nitro benzene ring substituents is 1. The third-order valence-electron chi connectivity index (χ3n) is 4.71. The van der Waals surface area contributed by atoms with Crippen LogP contribution in [0, 0.1) is 10.1 Å². The number of methoxy groups -OCH3 is 2. The third-order valence-corrected chi connectivity index (χ3v) is 6.13. The van der Waals surface area contributed by atoms with Crippen molar-refractivity contribution in [1.29, 1.82) is 0 Å². The van der Waals surface area contributed by atoms with Gasteiger partial charge in [-0.15, -0.1) is 0 Å². The Kier molecular flexibility index (Phi) is 5.33. The van der Waals surface area contributed by atoms with Crippen LogP contribution in [0.4, 0.5) is 5.69 Å². The summed E-state index contributed by atoms with van der Waals surface area (Å²) >= 11 is 0. The fourth-order valence-electron chi connectivity index (χ4n) is 3.29. The molecule has 0 aliphatic heterocycles. The Labute approximate surface area is 157 Å². The minimum Gasteiger partial charge on any atom is -0.493 e. The highest BCUT2D eigenvalue weighted by Gasteiger charge is 2.27. The second-order valence-electron chi connectivity index (χ2n) is 6.25. The van der Waals surface area contributed by atoms with E-state index < -0.39 is 14.9 Å². The summed E-state index contributed by atoms with van der Waals surface area (Å²) in [4.78, 5) is 10.1. The van der Waals surface area contributed by atoms with Crippen molar-refractivity contribution < 1.29 is 22.8 Å². The Hall–Kier alpha value is -2.65. The predicted octanol–water partition coefficient (Wildman–Crippen LogP) is 2.62. The fourth-order valence-corrected chi connectivity index (χ4v) is 4.41. The molecule has 0 spiro atoms. The number of benzene rings is 2. The topological polar surface area (TPSA) is 108 Å². The molecule has 1 N–H and O–H groups in total. The van der Waals surface area contributed by atoms with E-state index in [2.05, 4.69) is 4.72 Å². The largest absolute Gasteiger partial charge is 0.493 e. The summed E-state index contributed by atoms with van der Waals surface area (Å²) < 4.78 is 38.3. The van der Waals surface area contributed by atoms with Gasteiger partial charge >= 0.3 is 0 Å². The molecule has 2 aromatic rings. The van der Waals surface area contributed by atoms with Gasteiger partial charge in [-0.05, 0) is 48.1 Å². The van der Waals surface area contributed by atoms with Crippen molar-refractivity contribution >= 4 is 15.7 Å². The predicted molar refractivity (Wildman–Crippen MR) is 98.9 cm³/mol. The van der Waals surface area contributed by atoms with Crippen molar-refractivity contribution in [3.63, 3.8) is 0 Å². The van der Waals surface area contributed by atoms with E-state index in [-0.39, 0.29) is 23.0 Å². The van der Waals surface area contributed by atoms with Crippen molar-refractivity contribution in [2.45, 2.75) is 23.7 Å². The van der Waals surface area contributed by atoms with E-state index in [9.17, 15) is 18.5 Å². The zero-order valence-electron chi connectivity index (χ0n) is 15.0. The normalized spacial score (nSPS) is 16.0. The van der Waals surface area contributed by atoms with Gasteiger partial charge in [0.15, 0.2) is 11.5 Å². The molecule has 1 unspecified atom stereocenters. The number of nitro groups is 1. The average molecular weight is 392 g/mol. The maximum Gasteiger partial charge on any atom is 0.270 e. The summed E-state index contributed by atoms with van der Waals surface area (Å²) in [7, 11) is -0.717. The molecule has 0 radical (unpaired) electrons. The molecular weight excluding hydrogens is 372 g/mol. The molecule has 0 fully saturated rings. The smallest absolute Gasteiger partial charge is 0.270 e. The zero-order chi connectivity index (χ0) is 19.6. The number of nitrogens with one attached hydrogen (secondary N) is 1. The fraction of sp³-hybridized carbons (Fsp3) is 0.333. The summed E-state index contributed by atoms with van der Waals surface area (Å²) in [6, 6.07) is 8.81. The Morgan fingerprint density at radius 2 is 1.89 bits per heavy atom. The molecule has 1 aliphatic rings. The van der Waals surface area contributed by atoms with E-state index in [1.165, 1.54) is 18.2 Å². The number of hydrogen-bond donors (Lipinski definition) is 1. The number of nitrogens with zero attached hydrogens (tertiary/aromatic N) is 1. The molecule has 144 valence electrons. The van der Waals surface area contributed by atoms with E-state index in [0.29, 0.717) is 11.5 Å². The van der Waals surface area contributed by atoms with Gasteiger partial charge in [-0.25, -0.2) is 13.1 Å². The first-order valence-corrected chi connectivity index (χ1v) is 9.83. The standard InChI is InChI=1S/C18H20N2O6S/c1-25-17-8-12-6-7-13(16(12)10-18(17)26-2)11-19-27(23,24)15-5-3-4-14(9-15)20(21)22/h3-5,8-10,13,19H,6-7,11H2,1-2H3. The number of hydrogen-bond acceptors (Lipinski definition) is 6. The Bertz CT molecular complexity index is 974. The summed E-state index contributed by atoms with van der Waals surface area (Å²) in [6.07, 6.45) is 1.61. The van der Waals surface area contributed by atoms with Crippen molar-refractivity contribution in [2.24, 2.45) is 0 Å². The quantitative estimate of drug-likeness (QED) is 0.573. The van der Waals surface area contributed by atoms with Crippen molar-refractivity contribution in [1.82, 2.24) is 4.72 Å².